The summed E-state index contributed by atoms with van der Waals surface area (Å²) in [6.45, 7) is 4.96. The van der Waals surface area contributed by atoms with E-state index in [2.05, 4.69) is 67.8 Å². The van der Waals surface area contributed by atoms with Crippen LogP contribution in [0.5, 0.6) is 0 Å². The fraction of sp³-hybridized carbons (Fsp3) is 0.865. The second kappa shape index (κ2) is 69.3. The summed E-state index contributed by atoms with van der Waals surface area (Å²) in [5, 5.41) is 23.4. The molecule has 80 heavy (non-hydrogen) atoms. The molecule has 0 bridgehead atoms. The lowest BCUT2D eigenvalue weighted by molar-refractivity contribution is -0.143. The standard InChI is InChI=1S/C74H139NO5/c1-3-5-7-9-11-13-15-17-19-21-23-31-34-38-42-46-50-54-58-62-66-72(77)71(70-76)75-73(78)67-63-59-55-51-47-43-39-35-32-29-27-25-24-26-28-30-33-37-41-45-49-53-57-61-65-69-80-74(79)68-64-60-56-52-48-44-40-36-22-20-18-16-14-12-10-8-6-4-2/h14,16,20,22,25-28,71-72,76-77H,3-13,15,17-19,21,23-24,29-70H2,1-2H3,(H,75,78)/b16-14-,22-20-,27-25-,28-26-. The normalized spacial score (nSPS) is 12.8. The number of esters is 1. The van der Waals surface area contributed by atoms with E-state index in [9.17, 15) is 19.8 Å². The number of ether oxygens (including phenoxy) is 1. The summed E-state index contributed by atoms with van der Waals surface area (Å²) in [7, 11) is 0. The molecule has 0 rings (SSSR count). The van der Waals surface area contributed by atoms with Gasteiger partial charge in [-0.15, -0.1) is 0 Å². The van der Waals surface area contributed by atoms with E-state index in [0.29, 0.717) is 25.9 Å². The minimum Gasteiger partial charge on any atom is -0.466 e. The van der Waals surface area contributed by atoms with Crippen LogP contribution < -0.4 is 5.32 Å². The molecule has 0 aliphatic carbocycles. The molecular formula is C74H139NO5. The Morgan fingerprint density at radius 2 is 0.625 bits per heavy atom. The van der Waals surface area contributed by atoms with E-state index >= 15 is 0 Å². The first-order valence-electron chi connectivity index (χ1n) is 35.9. The summed E-state index contributed by atoms with van der Waals surface area (Å²) in [6.07, 6.45) is 90.1. The number of amides is 1. The average Bonchev–Trinajstić information content (AvgIpc) is 3.46. The number of hydrogen-bond donors (Lipinski definition) is 3. The molecule has 1 amide bonds. The van der Waals surface area contributed by atoms with Crippen molar-refractivity contribution in [2.45, 2.75) is 398 Å². The third-order valence-electron chi connectivity index (χ3n) is 16.6. The van der Waals surface area contributed by atoms with Gasteiger partial charge in [-0.25, -0.2) is 0 Å². The average molecular weight is 1120 g/mol. The summed E-state index contributed by atoms with van der Waals surface area (Å²) in [6, 6.07) is -0.548. The van der Waals surface area contributed by atoms with Gasteiger partial charge in [-0.1, -0.05) is 332 Å². The van der Waals surface area contributed by atoms with Crippen molar-refractivity contribution in [2.75, 3.05) is 13.2 Å². The molecule has 0 heterocycles. The first-order chi connectivity index (χ1) is 39.5. The molecule has 0 aromatic heterocycles. The fourth-order valence-electron chi connectivity index (χ4n) is 11.1. The van der Waals surface area contributed by atoms with E-state index < -0.39 is 12.1 Å². The van der Waals surface area contributed by atoms with Crippen LogP contribution >= 0.6 is 0 Å². The van der Waals surface area contributed by atoms with Crippen molar-refractivity contribution in [2.24, 2.45) is 0 Å². The molecule has 2 atom stereocenters. The predicted octanol–water partition coefficient (Wildman–Crippen LogP) is 23.3. The van der Waals surface area contributed by atoms with Gasteiger partial charge in [-0.3, -0.25) is 9.59 Å². The van der Waals surface area contributed by atoms with E-state index in [1.807, 2.05) is 0 Å². The Hall–Kier alpha value is -2.18. The SMILES string of the molecule is CCCCCC/C=C\C/C=C\CCCCCCCCCC(=O)OCCCCCCCCCCC/C=C\C/C=C\CCCCCCCCCCCC(=O)NC(CO)C(O)CCCCCCCCCCCCCCCCCCCCCC. The highest BCUT2D eigenvalue weighted by atomic mass is 16.5. The molecule has 0 aliphatic rings. The molecule has 6 heteroatoms. The Labute approximate surface area is 499 Å². The Bertz CT molecular complexity index is 1340. The monoisotopic (exact) mass is 1120 g/mol. The molecule has 0 saturated carbocycles. The third kappa shape index (κ3) is 65.0. The highest BCUT2D eigenvalue weighted by molar-refractivity contribution is 5.76. The van der Waals surface area contributed by atoms with Gasteiger partial charge in [0.2, 0.25) is 5.91 Å². The zero-order valence-electron chi connectivity index (χ0n) is 53.8. The highest BCUT2D eigenvalue weighted by Crippen LogP contribution is 2.18. The lowest BCUT2D eigenvalue weighted by Gasteiger charge is -2.22. The number of hydrogen-bond acceptors (Lipinski definition) is 5. The zero-order chi connectivity index (χ0) is 57.8. The van der Waals surface area contributed by atoms with Crippen molar-refractivity contribution < 1.29 is 24.5 Å². The lowest BCUT2D eigenvalue weighted by Crippen LogP contribution is -2.45. The summed E-state index contributed by atoms with van der Waals surface area (Å²) in [4.78, 5) is 24.6. The molecule has 470 valence electrons. The Balaban J connectivity index is 3.43. The smallest absolute Gasteiger partial charge is 0.305 e. The topological polar surface area (TPSA) is 95.9 Å². The molecule has 2 unspecified atom stereocenters. The van der Waals surface area contributed by atoms with Gasteiger partial charge in [0.1, 0.15) is 0 Å². The number of rotatable bonds is 67. The molecule has 3 N–H and O–H groups in total. The molecule has 0 spiro atoms. The molecule has 0 aromatic carbocycles. The van der Waals surface area contributed by atoms with Gasteiger partial charge in [0.25, 0.3) is 0 Å². The lowest BCUT2D eigenvalue weighted by atomic mass is 10.0. The number of aliphatic hydroxyl groups excluding tert-OH is 2. The second-order valence-corrected chi connectivity index (χ2v) is 24.6. The number of carbonyl (C=O) groups is 2. The predicted molar refractivity (Wildman–Crippen MR) is 352 cm³/mol. The zero-order valence-corrected chi connectivity index (χ0v) is 53.8. The van der Waals surface area contributed by atoms with Crippen molar-refractivity contribution in [1.29, 1.82) is 0 Å². The number of aliphatic hydroxyl groups is 2. The van der Waals surface area contributed by atoms with E-state index in [-0.39, 0.29) is 18.5 Å². The van der Waals surface area contributed by atoms with Crippen LogP contribution in [-0.4, -0.2) is 47.4 Å². The van der Waals surface area contributed by atoms with Crippen LogP contribution in [0.2, 0.25) is 0 Å². The number of nitrogens with one attached hydrogen (secondary N) is 1. The van der Waals surface area contributed by atoms with Gasteiger partial charge in [-0.2, -0.15) is 0 Å². The fourth-order valence-corrected chi connectivity index (χ4v) is 11.1. The Morgan fingerprint density at radius 3 is 0.963 bits per heavy atom. The van der Waals surface area contributed by atoms with E-state index in [0.717, 1.165) is 57.8 Å². The van der Waals surface area contributed by atoms with Crippen molar-refractivity contribution in [1.82, 2.24) is 5.32 Å². The largest absolute Gasteiger partial charge is 0.466 e. The first-order valence-corrected chi connectivity index (χ1v) is 35.9. The van der Waals surface area contributed by atoms with E-state index in [4.69, 9.17) is 4.74 Å². The number of unbranched alkanes of at least 4 members (excludes halogenated alkanes) is 48. The maximum atomic E-state index is 12.5. The van der Waals surface area contributed by atoms with Gasteiger partial charge >= 0.3 is 5.97 Å². The van der Waals surface area contributed by atoms with Crippen molar-refractivity contribution >= 4 is 11.9 Å². The third-order valence-corrected chi connectivity index (χ3v) is 16.6. The van der Waals surface area contributed by atoms with Crippen LogP contribution in [-0.2, 0) is 14.3 Å². The summed E-state index contributed by atoms with van der Waals surface area (Å²) in [5.41, 5.74) is 0. The maximum Gasteiger partial charge on any atom is 0.305 e. The second-order valence-electron chi connectivity index (χ2n) is 24.6. The molecule has 0 aromatic rings. The highest BCUT2D eigenvalue weighted by Gasteiger charge is 2.20. The van der Waals surface area contributed by atoms with E-state index in [1.54, 1.807) is 0 Å². The van der Waals surface area contributed by atoms with Crippen LogP contribution in [0.25, 0.3) is 0 Å². The number of carbonyl (C=O) groups excluding carboxylic acids is 2. The summed E-state index contributed by atoms with van der Waals surface area (Å²) < 4.78 is 5.50. The molecule has 0 saturated heterocycles. The summed E-state index contributed by atoms with van der Waals surface area (Å²) >= 11 is 0. The van der Waals surface area contributed by atoms with Crippen LogP contribution in [0, 0.1) is 0 Å². The van der Waals surface area contributed by atoms with E-state index in [1.165, 1.54) is 295 Å². The van der Waals surface area contributed by atoms with Crippen LogP contribution in [0.15, 0.2) is 48.6 Å². The molecule has 0 aliphatic heterocycles. The summed E-state index contributed by atoms with van der Waals surface area (Å²) in [5.74, 6) is -0.0359. The Kier molecular flexibility index (Phi) is 67.4. The molecule has 0 fully saturated rings. The van der Waals surface area contributed by atoms with Crippen molar-refractivity contribution in [3.63, 3.8) is 0 Å². The van der Waals surface area contributed by atoms with Crippen LogP contribution in [0.3, 0.4) is 0 Å². The van der Waals surface area contributed by atoms with Gasteiger partial charge in [0.15, 0.2) is 0 Å². The maximum absolute atomic E-state index is 12.5. The van der Waals surface area contributed by atoms with Crippen molar-refractivity contribution in [3.05, 3.63) is 48.6 Å². The van der Waals surface area contributed by atoms with Crippen LogP contribution in [0.1, 0.15) is 386 Å². The minimum atomic E-state index is -0.670. The first kappa shape index (κ1) is 77.8. The van der Waals surface area contributed by atoms with Gasteiger partial charge in [-0.05, 0) is 89.9 Å². The molecule has 0 radical (unpaired) electrons. The van der Waals surface area contributed by atoms with Crippen molar-refractivity contribution in [3.8, 4) is 0 Å². The van der Waals surface area contributed by atoms with Gasteiger partial charge in [0.05, 0.1) is 25.4 Å². The molecule has 6 nitrogen and oxygen atoms in total. The van der Waals surface area contributed by atoms with Gasteiger partial charge in [0, 0.05) is 12.8 Å². The molecular weight excluding hydrogens is 983 g/mol. The van der Waals surface area contributed by atoms with Crippen LogP contribution in [0.4, 0.5) is 0 Å². The quantitative estimate of drug-likeness (QED) is 0.0320. The number of allylic oxidation sites excluding steroid dienone is 8. The Morgan fingerprint density at radius 1 is 0.350 bits per heavy atom. The minimum absolute atomic E-state index is 0.00203. The van der Waals surface area contributed by atoms with Gasteiger partial charge < -0.3 is 20.3 Å².